The SMILES string of the molecule is Cc1cc(C(C)N2Cc3ccc(OC(=O)c4ccncc4)cc3C2=O)ccc1OCC(F)F. The van der Waals surface area contributed by atoms with Crippen LogP contribution < -0.4 is 9.47 Å². The summed E-state index contributed by atoms with van der Waals surface area (Å²) in [7, 11) is 0. The van der Waals surface area contributed by atoms with Crippen molar-refractivity contribution in [2.45, 2.75) is 32.9 Å². The van der Waals surface area contributed by atoms with E-state index in [2.05, 4.69) is 4.98 Å². The molecular weight excluding hydrogens is 430 g/mol. The van der Waals surface area contributed by atoms with Gasteiger partial charge in [-0.25, -0.2) is 13.6 Å². The summed E-state index contributed by atoms with van der Waals surface area (Å²) < 4.78 is 35.4. The molecule has 4 rings (SSSR count). The quantitative estimate of drug-likeness (QED) is 0.374. The lowest BCUT2D eigenvalue weighted by Gasteiger charge is -2.25. The van der Waals surface area contributed by atoms with E-state index in [4.69, 9.17) is 9.47 Å². The van der Waals surface area contributed by atoms with Gasteiger partial charge < -0.3 is 14.4 Å². The fourth-order valence-electron chi connectivity index (χ4n) is 3.76. The molecule has 0 radical (unpaired) electrons. The van der Waals surface area contributed by atoms with Crippen molar-refractivity contribution in [3.8, 4) is 11.5 Å². The fourth-order valence-corrected chi connectivity index (χ4v) is 3.76. The molecule has 0 saturated carbocycles. The Bertz CT molecular complexity index is 1180. The molecule has 1 aliphatic rings. The van der Waals surface area contributed by atoms with Crippen LogP contribution in [0.1, 0.15) is 50.4 Å². The van der Waals surface area contributed by atoms with Crippen LogP contribution in [0.3, 0.4) is 0 Å². The molecule has 1 aliphatic heterocycles. The minimum atomic E-state index is -2.54. The normalized spacial score (nSPS) is 13.7. The Balaban J connectivity index is 1.48. The number of hydrogen-bond acceptors (Lipinski definition) is 5. The van der Waals surface area contributed by atoms with Crippen molar-refractivity contribution in [2.24, 2.45) is 0 Å². The van der Waals surface area contributed by atoms with Gasteiger partial charge in [0.15, 0.2) is 0 Å². The summed E-state index contributed by atoms with van der Waals surface area (Å²) in [5, 5.41) is 0. The number of halogens is 2. The van der Waals surface area contributed by atoms with Crippen molar-refractivity contribution in [1.29, 1.82) is 0 Å². The molecule has 0 N–H and O–H groups in total. The van der Waals surface area contributed by atoms with Crippen molar-refractivity contribution in [2.75, 3.05) is 6.61 Å². The summed E-state index contributed by atoms with van der Waals surface area (Å²) >= 11 is 0. The summed E-state index contributed by atoms with van der Waals surface area (Å²) in [6.45, 7) is 3.43. The molecule has 1 aromatic heterocycles. The summed E-state index contributed by atoms with van der Waals surface area (Å²) in [6.07, 6.45) is 0.459. The maximum absolute atomic E-state index is 13.1. The van der Waals surface area contributed by atoms with E-state index < -0.39 is 19.0 Å². The van der Waals surface area contributed by atoms with E-state index in [0.29, 0.717) is 23.4 Å². The standard InChI is InChI=1S/C25H22F2N2O4/c1-15-11-18(4-6-22(15)32-14-23(26)27)16(2)29-13-19-3-5-20(12-21(19)24(29)30)33-25(31)17-7-9-28-10-8-17/h3-12,16,23H,13-14H2,1-2H3. The molecule has 0 bridgehead atoms. The van der Waals surface area contributed by atoms with Crippen molar-refractivity contribution in [3.63, 3.8) is 0 Å². The summed E-state index contributed by atoms with van der Waals surface area (Å²) in [6, 6.07) is 13.1. The number of carbonyl (C=O) groups excluding carboxylic acids is 2. The number of ether oxygens (including phenoxy) is 2. The summed E-state index contributed by atoms with van der Waals surface area (Å²) in [5.74, 6) is -0.0228. The van der Waals surface area contributed by atoms with Gasteiger partial charge in [0.2, 0.25) is 0 Å². The number of alkyl halides is 2. The van der Waals surface area contributed by atoms with E-state index in [1.165, 1.54) is 12.4 Å². The van der Waals surface area contributed by atoms with Gasteiger partial charge in [0.25, 0.3) is 12.3 Å². The maximum atomic E-state index is 13.1. The van der Waals surface area contributed by atoms with Crippen LogP contribution in [-0.2, 0) is 6.54 Å². The molecule has 0 spiro atoms. The van der Waals surface area contributed by atoms with E-state index >= 15 is 0 Å². The predicted octanol–water partition coefficient (Wildman–Crippen LogP) is 4.97. The van der Waals surface area contributed by atoms with Crippen molar-refractivity contribution < 1.29 is 27.8 Å². The number of aromatic nitrogens is 1. The second-order valence-electron chi connectivity index (χ2n) is 7.78. The van der Waals surface area contributed by atoms with Gasteiger partial charge in [0.1, 0.15) is 18.1 Å². The van der Waals surface area contributed by atoms with Crippen LogP contribution in [0.4, 0.5) is 8.78 Å². The zero-order chi connectivity index (χ0) is 23.5. The first-order chi connectivity index (χ1) is 15.8. The van der Waals surface area contributed by atoms with Gasteiger partial charge >= 0.3 is 5.97 Å². The second-order valence-corrected chi connectivity index (χ2v) is 7.78. The second kappa shape index (κ2) is 9.36. The monoisotopic (exact) mass is 452 g/mol. The number of nitrogens with zero attached hydrogens (tertiary/aromatic N) is 2. The van der Waals surface area contributed by atoms with Crippen LogP contribution in [0.25, 0.3) is 0 Å². The first-order valence-corrected chi connectivity index (χ1v) is 10.4. The molecule has 0 saturated heterocycles. The van der Waals surface area contributed by atoms with E-state index in [0.717, 1.165) is 16.7 Å². The molecule has 2 aromatic carbocycles. The van der Waals surface area contributed by atoms with Crippen LogP contribution >= 0.6 is 0 Å². The Kier molecular flexibility index (Phi) is 6.35. The third-order valence-corrected chi connectivity index (χ3v) is 5.55. The van der Waals surface area contributed by atoms with Crippen LogP contribution in [-0.4, -0.2) is 34.8 Å². The number of esters is 1. The van der Waals surface area contributed by atoms with Crippen LogP contribution in [0.15, 0.2) is 60.9 Å². The number of benzene rings is 2. The van der Waals surface area contributed by atoms with E-state index in [-0.39, 0.29) is 17.7 Å². The topological polar surface area (TPSA) is 68.7 Å². The van der Waals surface area contributed by atoms with Crippen molar-refractivity contribution in [3.05, 3.63) is 88.7 Å². The van der Waals surface area contributed by atoms with Gasteiger partial charge in [0, 0.05) is 24.5 Å². The number of rotatable bonds is 7. The highest BCUT2D eigenvalue weighted by atomic mass is 19.3. The first kappa shape index (κ1) is 22.4. The molecule has 8 heteroatoms. The lowest BCUT2D eigenvalue weighted by Crippen LogP contribution is -2.27. The molecule has 6 nitrogen and oxygen atoms in total. The van der Waals surface area contributed by atoms with E-state index in [1.807, 2.05) is 13.0 Å². The summed E-state index contributed by atoms with van der Waals surface area (Å²) in [4.78, 5) is 31.0. The first-order valence-electron chi connectivity index (χ1n) is 10.4. The number of fused-ring (bicyclic) bond motifs is 1. The minimum absolute atomic E-state index is 0.171. The predicted molar refractivity (Wildman–Crippen MR) is 117 cm³/mol. The molecule has 1 unspecified atom stereocenters. The average molecular weight is 452 g/mol. The third-order valence-electron chi connectivity index (χ3n) is 5.55. The van der Waals surface area contributed by atoms with Crippen LogP contribution in [0.2, 0.25) is 0 Å². The minimum Gasteiger partial charge on any atom is -0.487 e. The Morgan fingerprint density at radius 1 is 1.12 bits per heavy atom. The highest BCUT2D eigenvalue weighted by Gasteiger charge is 2.32. The maximum Gasteiger partial charge on any atom is 0.343 e. The highest BCUT2D eigenvalue weighted by molar-refractivity contribution is 5.99. The average Bonchev–Trinajstić information content (AvgIpc) is 3.14. The molecule has 0 aliphatic carbocycles. The fraction of sp³-hybridized carbons (Fsp3) is 0.240. The highest BCUT2D eigenvalue weighted by Crippen LogP contribution is 2.34. The number of amides is 1. The Morgan fingerprint density at radius 2 is 1.88 bits per heavy atom. The van der Waals surface area contributed by atoms with Gasteiger partial charge in [-0.15, -0.1) is 0 Å². The van der Waals surface area contributed by atoms with Gasteiger partial charge in [-0.3, -0.25) is 9.78 Å². The van der Waals surface area contributed by atoms with Gasteiger partial charge in [-0.2, -0.15) is 0 Å². The molecule has 2 heterocycles. The smallest absolute Gasteiger partial charge is 0.343 e. The van der Waals surface area contributed by atoms with E-state index in [1.54, 1.807) is 54.3 Å². The van der Waals surface area contributed by atoms with Crippen molar-refractivity contribution >= 4 is 11.9 Å². The lowest BCUT2D eigenvalue weighted by atomic mass is 10.0. The number of pyridine rings is 1. The Morgan fingerprint density at radius 3 is 2.58 bits per heavy atom. The van der Waals surface area contributed by atoms with Crippen LogP contribution in [0, 0.1) is 6.92 Å². The van der Waals surface area contributed by atoms with E-state index in [9.17, 15) is 18.4 Å². The molecule has 33 heavy (non-hydrogen) atoms. The molecular formula is C25H22F2N2O4. The van der Waals surface area contributed by atoms with Gasteiger partial charge in [-0.1, -0.05) is 18.2 Å². The largest absolute Gasteiger partial charge is 0.487 e. The lowest BCUT2D eigenvalue weighted by molar-refractivity contribution is 0.0706. The Hall–Kier alpha value is -3.81. The molecule has 3 aromatic rings. The van der Waals surface area contributed by atoms with Crippen LogP contribution in [0.5, 0.6) is 11.5 Å². The number of carbonyl (C=O) groups is 2. The third kappa shape index (κ3) is 4.84. The van der Waals surface area contributed by atoms with Gasteiger partial charge in [-0.05, 0) is 60.9 Å². The number of hydrogen-bond donors (Lipinski definition) is 0. The zero-order valence-electron chi connectivity index (χ0n) is 18.1. The zero-order valence-corrected chi connectivity index (χ0v) is 18.1. The molecule has 1 amide bonds. The molecule has 170 valence electrons. The van der Waals surface area contributed by atoms with Crippen molar-refractivity contribution in [1.82, 2.24) is 9.88 Å². The summed E-state index contributed by atoms with van der Waals surface area (Å²) in [5.41, 5.74) is 3.26. The Labute approximate surface area is 189 Å². The molecule has 0 fully saturated rings. The van der Waals surface area contributed by atoms with Gasteiger partial charge in [0.05, 0.1) is 11.6 Å². The molecule has 1 atom stereocenters. The number of aryl methyl sites for hydroxylation is 1.